The van der Waals surface area contributed by atoms with E-state index < -0.39 is 0 Å². The van der Waals surface area contributed by atoms with Gasteiger partial charge in [0, 0.05) is 24.8 Å². The van der Waals surface area contributed by atoms with Gasteiger partial charge in [0.25, 0.3) is 5.91 Å². The lowest BCUT2D eigenvalue weighted by atomic mass is 9.89. The minimum absolute atomic E-state index is 0.0970. The Morgan fingerprint density at radius 2 is 1.85 bits per heavy atom. The van der Waals surface area contributed by atoms with E-state index in [1.165, 1.54) is 32.1 Å². The highest BCUT2D eigenvalue weighted by Gasteiger charge is 2.20. The third-order valence-electron chi connectivity index (χ3n) is 4.45. The van der Waals surface area contributed by atoms with Crippen molar-refractivity contribution in [2.75, 3.05) is 19.3 Å². The van der Waals surface area contributed by atoms with Gasteiger partial charge < -0.3 is 10.6 Å². The fourth-order valence-electron chi connectivity index (χ4n) is 3.14. The summed E-state index contributed by atoms with van der Waals surface area (Å²) in [5, 5.41) is 0. The second kappa shape index (κ2) is 6.29. The monoisotopic (exact) mass is 274 g/mol. The van der Waals surface area contributed by atoms with Crippen molar-refractivity contribution in [3.63, 3.8) is 0 Å². The van der Waals surface area contributed by atoms with E-state index in [1.807, 2.05) is 37.9 Å². The van der Waals surface area contributed by atoms with Gasteiger partial charge >= 0.3 is 0 Å². The molecule has 3 heteroatoms. The van der Waals surface area contributed by atoms with Crippen LogP contribution in [-0.4, -0.2) is 24.4 Å². The molecule has 1 aromatic carbocycles. The van der Waals surface area contributed by atoms with Gasteiger partial charge in [-0.25, -0.2) is 0 Å². The Balaban J connectivity index is 2.08. The summed E-state index contributed by atoms with van der Waals surface area (Å²) >= 11 is 0. The molecular weight excluding hydrogens is 248 g/mol. The van der Waals surface area contributed by atoms with Crippen LogP contribution < -0.4 is 5.73 Å². The lowest BCUT2D eigenvalue weighted by molar-refractivity contribution is 0.0760. The number of carbonyl (C=O) groups excluding carboxylic acids is 1. The number of nitrogens with zero attached hydrogens (tertiary/aromatic N) is 1. The van der Waals surface area contributed by atoms with E-state index in [0.717, 1.165) is 23.2 Å². The van der Waals surface area contributed by atoms with E-state index in [1.54, 1.807) is 0 Å². The van der Waals surface area contributed by atoms with Crippen LogP contribution in [0.3, 0.4) is 0 Å². The Bertz CT molecular complexity index is 490. The first-order valence-electron chi connectivity index (χ1n) is 7.61. The Hall–Kier alpha value is -1.51. The summed E-state index contributed by atoms with van der Waals surface area (Å²) in [5.74, 6) is 0.764. The molecule has 1 saturated carbocycles. The van der Waals surface area contributed by atoms with Crippen molar-refractivity contribution in [2.45, 2.75) is 46.0 Å². The first kappa shape index (κ1) is 14.9. The zero-order chi connectivity index (χ0) is 14.7. The lowest BCUT2D eigenvalue weighted by Crippen LogP contribution is -2.33. The van der Waals surface area contributed by atoms with Crippen LogP contribution in [0.2, 0.25) is 0 Å². The van der Waals surface area contributed by atoms with E-state index in [0.29, 0.717) is 11.6 Å². The molecule has 1 aliphatic rings. The fraction of sp³-hybridized carbons (Fsp3) is 0.588. The van der Waals surface area contributed by atoms with E-state index in [-0.39, 0.29) is 5.91 Å². The third kappa shape index (κ3) is 3.33. The highest BCUT2D eigenvalue weighted by molar-refractivity contribution is 5.96. The van der Waals surface area contributed by atoms with Crippen LogP contribution in [0.4, 0.5) is 5.69 Å². The molecule has 2 rings (SSSR count). The first-order valence-corrected chi connectivity index (χ1v) is 7.61. The quantitative estimate of drug-likeness (QED) is 0.857. The number of rotatable bonds is 3. The van der Waals surface area contributed by atoms with Crippen molar-refractivity contribution in [1.82, 2.24) is 4.90 Å². The van der Waals surface area contributed by atoms with Crippen molar-refractivity contribution in [3.05, 3.63) is 28.8 Å². The van der Waals surface area contributed by atoms with Crippen molar-refractivity contribution in [1.29, 1.82) is 0 Å². The number of benzene rings is 1. The molecule has 1 amide bonds. The molecule has 0 unspecified atom stereocenters. The summed E-state index contributed by atoms with van der Waals surface area (Å²) in [6, 6.07) is 3.82. The van der Waals surface area contributed by atoms with Crippen molar-refractivity contribution in [3.8, 4) is 0 Å². The molecule has 0 aromatic heterocycles. The Labute approximate surface area is 122 Å². The van der Waals surface area contributed by atoms with E-state index in [4.69, 9.17) is 5.73 Å². The zero-order valence-electron chi connectivity index (χ0n) is 12.9. The predicted octanol–water partition coefficient (Wildman–Crippen LogP) is 3.54. The summed E-state index contributed by atoms with van der Waals surface area (Å²) in [5.41, 5.74) is 9.43. The maximum atomic E-state index is 12.6. The largest absolute Gasteiger partial charge is 0.398 e. The average molecular weight is 274 g/mol. The van der Waals surface area contributed by atoms with Gasteiger partial charge in [-0.05, 0) is 49.8 Å². The minimum Gasteiger partial charge on any atom is -0.398 e. The van der Waals surface area contributed by atoms with Gasteiger partial charge in [-0.15, -0.1) is 0 Å². The maximum absolute atomic E-state index is 12.6. The SMILES string of the molecule is Cc1cc(C)c(C(=O)N(C)CC2CCCCC2)cc1N. The number of anilines is 1. The number of amides is 1. The van der Waals surface area contributed by atoms with Crippen LogP contribution in [0.5, 0.6) is 0 Å². The number of aryl methyl sites for hydroxylation is 2. The summed E-state index contributed by atoms with van der Waals surface area (Å²) in [7, 11) is 1.91. The Kier molecular flexibility index (Phi) is 4.69. The van der Waals surface area contributed by atoms with Crippen LogP contribution in [0.1, 0.15) is 53.6 Å². The number of hydrogen-bond acceptors (Lipinski definition) is 2. The van der Waals surface area contributed by atoms with Crippen LogP contribution in [0.25, 0.3) is 0 Å². The van der Waals surface area contributed by atoms with Gasteiger partial charge in [0.1, 0.15) is 0 Å². The fourth-order valence-corrected chi connectivity index (χ4v) is 3.14. The van der Waals surface area contributed by atoms with Gasteiger partial charge in [-0.1, -0.05) is 25.3 Å². The highest BCUT2D eigenvalue weighted by Crippen LogP contribution is 2.25. The van der Waals surface area contributed by atoms with Crippen molar-refractivity contribution in [2.24, 2.45) is 5.92 Å². The minimum atomic E-state index is 0.0970. The van der Waals surface area contributed by atoms with E-state index in [2.05, 4.69) is 0 Å². The molecule has 3 nitrogen and oxygen atoms in total. The van der Waals surface area contributed by atoms with Crippen molar-refractivity contribution < 1.29 is 4.79 Å². The van der Waals surface area contributed by atoms with Gasteiger partial charge in [-0.3, -0.25) is 4.79 Å². The summed E-state index contributed by atoms with van der Waals surface area (Å²) < 4.78 is 0. The lowest BCUT2D eigenvalue weighted by Gasteiger charge is -2.27. The second-order valence-corrected chi connectivity index (χ2v) is 6.21. The zero-order valence-corrected chi connectivity index (χ0v) is 12.9. The topological polar surface area (TPSA) is 46.3 Å². The standard InChI is InChI=1S/C17H26N2O/c1-12-9-13(2)16(18)10-15(12)17(20)19(3)11-14-7-5-4-6-8-14/h9-10,14H,4-8,11,18H2,1-3H3. The molecule has 0 atom stereocenters. The number of hydrogen-bond donors (Lipinski definition) is 1. The molecular formula is C17H26N2O. The van der Waals surface area contributed by atoms with E-state index in [9.17, 15) is 4.79 Å². The number of carbonyl (C=O) groups is 1. The third-order valence-corrected chi connectivity index (χ3v) is 4.45. The van der Waals surface area contributed by atoms with E-state index >= 15 is 0 Å². The van der Waals surface area contributed by atoms with Gasteiger partial charge in [0.15, 0.2) is 0 Å². The molecule has 110 valence electrons. The van der Waals surface area contributed by atoms with Crippen LogP contribution in [0, 0.1) is 19.8 Å². The molecule has 0 spiro atoms. The molecule has 0 aliphatic heterocycles. The molecule has 2 N–H and O–H groups in total. The van der Waals surface area contributed by atoms with Crippen molar-refractivity contribution >= 4 is 11.6 Å². The number of nitrogens with two attached hydrogens (primary N) is 1. The first-order chi connectivity index (χ1) is 9.49. The van der Waals surface area contributed by atoms with Gasteiger partial charge in [0.2, 0.25) is 0 Å². The summed E-state index contributed by atoms with van der Waals surface area (Å²) in [6.07, 6.45) is 6.48. The predicted molar refractivity (Wildman–Crippen MR) is 83.9 cm³/mol. The van der Waals surface area contributed by atoms with Crippen LogP contribution in [0.15, 0.2) is 12.1 Å². The summed E-state index contributed by atoms with van der Waals surface area (Å²) in [6.45, 7) is 4.82. The van der Waals surface area contributed by atoms with Crippen LogP contribution in [-0.2, 0) is 0 Å². The molecule has 0 heterocycles. The Morgan fingerprint density at radius 1 is 1.20 bits per heavy atom. The highest BCUT2D eigenvalue weighted by atomic mass is 16.2. The molecule has 0 saturated heterocycles. The molecule has 1 aromatic rings. The molecule has 0 bridgehead atoms. The maximum Gasteiger partial charge on any atom is 0.253 e. The van der Waals surface area contributed by atoms with Crippen LogP contribution >= 0.6 is 0 Å². The number of nitrogen functional groups attached to an aromatic ring is 1. The molecule has 0 radical (unpaired) electrons. The van der Waals surface area contributed by atoms with Gasteiger partial charge in [0.05, 0.1) is 0 Å². The molecule has 20 heavy (non-hydrogen) atoms. The smallest absolute Gasteiger partial charge is 0.253 e. The average Bonchev–Trinajstić information content (AvgIpc) is 2.43. The second-order valence-electron chi connectivity index (χ2n) is 6.21. The molecule has 1 fully saturated rings. The molecule has 1 aliphatic carbocycles. The Morgan fingerprint density at radius 3 is 2.50 bits per heavy atom. The van der Waals surface area contributed by atoms with Gasteiger partial charge in [-0.2, -0.15) is 0 Å². The normalized spacial score (nSPS) is 16.1. The summed E-state index contributed by atoms with van der Waals surface area (Å²) in [4.78, 5) is 14.4.